The Kier molecular flexibility index (Phi) is 19.4. The Morgan fingerprint density at radius 1 is 0.672 bits per heavy atom. The normalized spacial score (nSPS) is 10.0. The summed E-state index contributed by atoms with van der Waals surface area (Å²) in [6.45, 7) is 9.89. The number of nitro benzene ring substituents is 1. The van der Waals surface area contributed by atoms with E-state index in [1.165, 1.54) is 22.8 Å². The first-order valence-corrected chi connectivity index (χ1v) is 20.1. The molecule has 0 saturated heterocycles. The summed E-state index contributed by atoms with van der Waals surface area (Å²) in [7, 11) is 0.932. The summed E-state index contributed by atoms with van der Waals surface area (Å²) in [5, 5.41) is 10.2. The molecular weight excluding hydrogens is 794 g/mol. The minimum Gasteiger partial charge on any atom is -1.00 e. The predicted octanol–water partition coefficient (Wildman–Crippen LogP) is 6.99. The lowest BCUT2D eigenvalue weighted by Crippen LogP contribution is -3.00. The van der Waals surface area contributed by atoms with Crippen LogP contribution in [0.3, 0.4) is 0 Å². The molecule has 0 fully saturated rings. The number of benzene rings is 6. The summed E-state index contributed by atoms with van der Waals surface area (Å²) in [6, 6.07) is 42.0. The molecule has 58 heavy (non-hydrogen) atoms. The molecule has 0 aliphatic rings. The number of nitrogens with zero attached hydrogens (tertiary/aromatic N) is 3. The van der Waals surface area contributed by atoms with Gasteiger partial charge in [-0.05, 0) is 111 Å². The molecule has 1 heterocycles. The molecule has 6 aromatic carbocycles. The van der Waals surface area contributed by atoms with Gasteiger partial charge in [0.2, 0.25) is 21.1 Å². The number of H-pyrrole nitrogens is 1. The molecular formula is C44H51Cl2N7O4S. The van der Waals surface area contributed by atoms with Crippen molar-refractivity contribution in [2.75, 3.05) is 40.5 Å². The van der Waals surface area contributed by atoms with Gasteiger partial charge in [0.25, 0.3) is 5.69 Å². The first kappa shape index (κ1) is 48.2. The van der Waals surface area contributed by atoms with Crippen molar-refractivity contribution in [3.05, 3.63) is 171 Å². The third-order valence-electron chi connectivity index (χ3n) is 7.90. The Labute approximate surface area is 353 Å². The number of hydrogen-bond donors (Lipinski definition) is 3. The molecule has 0 aliphatic heterocycles. The van der Waals surface area contributed by atoms with E-state index >= 15 is 0 Å². The number of hydrogen-bond acceptors (Lipinski definition) is 8. The largest absolute Gasteiger partial charge is 1.00 e. The van der Waals surface area contributed by atoms with Gasteiger partial charge < -0.3 is 23.0 Å². The maximum absolute atomic E-state index is 10.8. The minimum absolute atomic E-state index is 0. The number of non-ortho nitro benzene ring substituents is 1. The standard InChI is InChI=1S/C15H15N3.C8H11NO2S.C7H8ClN.C7H7NO2.C7H9N.ClH/c1-10-4-6-12-14(8-10)17-15-9-11(18(2)3)5-7-13(15)16-12;1-7-4-3-5-8(6-7)9-12(2,10)11;1-6-2-4-7(9-8)5-3-6;1-6-3-2-4-7(5-6)8(9)10;1-6-3-2-4-7(8)5-6;/h4-9H,1-3H3;3-6,9H,1-2H3;2-5,9H,1H3;2-5H,1H3;2-5H,8H2,1H3;1H. The lowest BCUT2D eigenvalue weighted by atomic mass is 10.2. The summed E-state index contributed by atoms with van der Waals surface area (Å²) in [4.78, 5) is 22.5. The van der Waals surface area contributed by atoms with Crippen LogP contribution in [-0.2, 0) is 10.0 Å². The third kappa shape index (κ3) is 17.5. The number of aryl methyl sites for hydroxylation is 5. The maximum Gasteiger partial charge on any atom is 0.269 e. The lowest BCUT2D eigenvalue weighted by molar-refractivity contribution is -0.384. The van der Waals surface area contributed by atoms with Crippen molar-refractivity contribution in [2.45, 2.75) is 34.6 Å². The number of aromatic nitrogens is 2. The molecule has 0 unspecified atom stereocenters. The van der Waals surface area contributed by atoms with Gasteiger partial charge in [0.05, 0.1) is 11.2 Å². The van der Waals surface area contributed by atoms with Crippen LogP contribution in [0.15, 0.2) is 133 Å². The number of aromatic amines is 1. The quantitative estimate of drug-likeness (QED) is 0.0551. The van der Waals surface area contributed by atoms with Crippen LogP contribution in [0.2, 0.25) is 0 Å². The summed E-state index contributed by atoms with van der Waals surface area (Å²) in [5.41, 5.74) is 18.9. The van der Waals surface area contributed by atoms with Crippen molar-refractivity contribution in [2.24, 2.45) is 0 Å². The first-order chi connectivity index (χ1) is 26.9. The van der Waals surface area contributed by atoms with Gasteiger partial charge in [0.15, 0.2) is 0 Å². The minimum atomic E-state index is -3.14. The van der Waals surface area contributed by atoms with E-state index in [0.29, 0.717) is 5.69 Å². The molecule has 0 radical (unpaired) electrons. The van der Waals surface area contributed by atoms with Gasteiger partial charge in [0, 0.05) is 72.9 Å². The highest BCUT2D eigenvalue weighted by Crippen LogP contribution is 2.19. The van der Waals surface area contributed by atoms with Crippen molar-refractivity contribution < 1.29 is 30.7 Å². The Hall–Kier alpha value is -5.95. The number of fused-ring (bicyclic) bond motifs is 2. The van der Waals surface area contributed by atoms with E-state index < -0.39 is 14.9 Å². The Balaban J connectivity index is 0.000000258. The molecule has 14 heteroatoms. The topological polar surface area (TPSA) is 158 Å². The third-order valence-corrected chi connectivity index (χ3v) is 8.72. The van der Waals surface area contributed by atoms with Crippen molar-refractivity contribution >= 4 is 72.3 Å². The number of sulfonamides is 1. The van der Waals surface area contributed by atoms with Crippen LogP contribution in [-0.4, -0.2) is 38.7 Å². The molecule has 306 valence electrons. The second-order valence-corrected chi connectivity index (χ2v) is 15.5. The number of nitrogens with one attached hydrogen (secondary N) is 3. The zero-order valence-corrected chi connectivity index (χ0v) is 36.2. The smallest absolute Gasteiger partial charge is 0.269 e. The predicted molar refractivity (Wildman–Crippen MR) is 239 cm³/mol. The van der Waals surface area contributed by atoms with Gasteiger partial charge in [-0.25, -0.2) is 18.4 Å². The fourth-order valence-electron chi connectivity index (χ4n) is 5.06. The van der Waals surface area contributed by atoms with Gasteiger partial charge in [0.1, 0.15) is 11.0 Å². The van der Waals surface area contributed by atoms with Crippen molar-refractivity contribution in [1.29, 1.82) is 0 Å². The van der Waals surface area contributed by atoms with Gasteiger partial charge in [-0.15, -0.1) is 0 Å². The van der Waals surface area contributed by atoms with E-state index in [1.54, 1.807) is 24.3 Å². The van der Waals surface area contributed by atoms with Crippen LogP contribution in [0.25, 0.3) is 22.1 Å². The van der Waals surface area contributed by atoms with Crippen molar-refractivity contribution in [3.63, 3.8) is 0 Å². The van der Waals surface area contributed by atoms with Gasteiger partial charge in [-0.3, -0.25) is 19.7 Å². The number of nitro groups is 1. The highest BCUT2D eigenvalue weighted by atomic mass is 35.5. The molecule has 0 atom stereocenters. The fourth-order valence-corrected chi connectivity index (χ4v) is 5.74. The highest BCUT2D eigenvalue weighted by Gasteiger charge is 2.09. The second-order valence-electron chi connectivity index (χ2n) is 13.6. The Morgan fingerprint density at radius 2 is 1.19 bits per heavy atom. The molecule has 5 N–H and O–H groups in total. The number of halogens is 2. The van der Waals surface area contributed by atoms with Crippen molar-refractivity contribution in [1.82, 2.24) is 4.98 Å². The van der Waals surface area contributed by atoms with Crippen LogP contribution in [0, 0.1) is 44.7 Å². The summed E-state index contributed by atoms with van der Waals surface area (Å²) >= 11 is 5.33. The van der Waals surface area contributed by atoms with Crippen LogP contribution in [0.1, 0.15) is 27.8 Å². The molecule has 0 spiro atoms. The molecule has 1 aromatic heterocycles. The average Bonchev–Trinajstić information content (AvgIpc) is 3.14. The van der Waals surface area contributed by atoms with Crippen LogP contribution >= 0.6 is 11.8 Å². The fraction of sp³-hybridized carbons (Fsp3) is 0.182. The lowest BCUT2D eigenvalue weighted by Gasteiger charge is -2.11. The highest BCUT2D eigenvalue weighted by molar-refractivity contribution is 7.92. The molecule has 0 amide bonds. The van der Waals surface area contributed by atoms with E-state index in [2.05, 4.69) is 62.8 Å². The molecule has 11 nitrogen and oxygen atoms in total. The van der Waals surface area contributed by atoms with Gasteiger partial charge >= 0.3 is 0 Å². The zero-order chi connectivity index (χ0) is 42.1. The SMILES string of the molecule is Cc1ccc(NCl)cc1.Cc1ccc2[nH+]c3ccc(N(C)C)cc3nc2c1.Cc1cccc(N)c1.Cc1cccc(NS(C)(=O)=O)c1.Cc1cccc([N+](=O)[O-])c1.[Cl-]. The van der Waals surface area contributed by atoms with E-state index in [1.807, 2.05) is 109 Å². The second kappa shape index (κ2) is 23.3. The van der Waals surface area contributed by atoms with E-state index in [0.717, 1.165) is 56.5 Å². The molecule has 0 aliphatic carbocycles. The van der Waals surface area contributed by atoms with Crippen LogP contribution < -0.4 is 37.6 Å². The first-order valence-electron chi connectivity index (χ1n) is 17.8. The Bertz CT molecular complexity index is 2490. The van der Waals surface area contributed by atoms with E-state index in [9.17, 15) is 18.5 Å². The number of nitrogens with two attached hydrogens (primary N) is 1. The molecule has 0 saturated carbocycles. The average molecular weight is 845 g/mol. The van der Waals surface area contributed by atoms with Crippen LogP contribution in [0.5, 0.6) is 0 Å². The summed E-state index contributed by atoms with van der Waals surface area (Å²) in [6.07, 6.45) is 1.13. The molecule has 7 rings (SSSR count). The monoisotopic (exact) mass is 843 g/mol. The summed E-state index contributed by atoms with van der Waals surface area (Å²) in [5.74, 6) is 0. The molecule has 7 aromatic rings. The van der Waals surface area contributed by atoms with Gasteiger partial charge in [-0.2, -0.15) is 0 Å². The van der Waals surface area contributed by atoms with Crippen LogP contribution in [0.4, 0.5) is 28.4 Å². The zero-order valence-electron chi connectivity index (χ0n) is 33.9. The van der Waals surface area contributed by atoms with E-state index in [-0.39, 0.29) is 18.1 Å². The number of rotatable bonds is 5. The number of anilines is 4. The van der Waals surface area contributed by atoms with Gasteiger partial charge in [-0.1, -0.05) is 60.2 Å². The van der Waals surface area contributed by atoms with E-state index in [4.69, 9.17) is 22.5 Å². The summed E-state index contributed by atoms with van der Waals surface area (Å²) < 4.78 is 24.0. The van der Waals surface area contributed by atoms with Crippen molar-refractivity contribution in [3.8, 4) is 0 Å². The molecule has 0 bridgehead atoms. The Morgan fingerprint density at radius 3 is 1.67 bits per heavy atom. The maximum atomic E-state index is 10.8. The number of nitrogen functional groups attached to an aromatic ring is 1.